The fourth-order valence-electron chi connectivity index (χ4n) is 1.28. The Morgan fingerprint density at radius 2 is 2.10 bits per heavy atom. The van der Waals surface area contributed by atoms with E-state index in [-0.39, 0.29) is 24.8 Å². The predicted octanol–water partition coefficient (Wildman–Crippen LogP) is 0.534. The highest BCUT2D eigenvalue weighted by atomic mass is 35.5. The van der Waals surface area contributed by atoms with Gasteiger partial charge in [0.25, 0.3) is 11.8 Å². The summed E-state index contributed by atoms with van der Waals surface area (Å²) in [4.78, 5) is 38.0. The molecule has 0 atom stereocenters. The molecule has 0 aliphatic carbocycles. The standard InChI is InChI=1S/C13H16ClN3O4/c1-2-4-16-11(18)8-21-12(19)7-17-13(20)10-6-9(14)3-5-15-10/h3,5-6H,2,4,7-8H2,1H3,(H,16,18)(H,17,20). The third kappa shape index (κ3) is 6.71. The maximum atomic E-state index is 11.7. The molecular weight excluding hydrogens is 298 g/mol. The van der Waals surface area contributed by atoms with E-state index in [0.717, 1.165) is 6.42 Å². The maximum absolute atomic E-state index is 11.7. The summed E-state index contributed by atoms with van der Waals surface area (Å²) in [5.74, 6) is -1.64. The Kier molecular flexibility index (Phi) is 7.17. The number of rotatable bonds is 7. The van der Waals surface area contributed by atoms with Crippen molar-refractivity contribution in [3.05, 3.63) is 29.0 Å². The minimum Gasteiger partial charge on any atom is -0.454 e. The lowest BCUT2D eigenvalue weighted by molar-refractivity contribution is -0.147. The molecule has 0 unspecified atom stereocenters. The van der Waals surface area contributed by atoms with E-state index in [1.54, 1.807) is 0 Å². The Balaban J connectivity index is 2.30. The Labute approximate surface area is 127 Å². The first-order valence-corrected chi connectivity index (χ1v) is 6.72. The summed E-state index contributed by atoms with van der Waals surface area (Å²) in [5.41, 5.74) is 0.0935. The highest BCUT2D eigenvalue weighted by Crippen LogP contribution is 2.07. The van der Waals surface area contributed by atoms with Crippen molar-refractivity contribution in [1.82, 2.24) is 15.6 Å². The molecule has 0 spiro atoms. The van der Waals surface area contributed by atoms with Crippen LogP contribution in [0.3, 0.4) is 0 Å². The first-order valence-electron chi connectivity index (χ1n) is 6.35. The SMILES string of the molecule is CCCNC(=O)COC(=O)CNC(=O)c1cc(Cl)ccn1. The van der Waals surface area contributed by atoms with E-state index < -0.39 is 11.9 Å². The Morgan fingerprint density at radius 3 is 2.76 bits per heavy atom. The summed E-state index contributed by atoms with van der Waals surface area (Å²) in [5, 5.41) is 5.25. The van der Waals surface area contributed by atoms with Crippen molar-refractivity contribution in [1.29, 1.82) is 0 Å². The molecule has 0 bridgehead atoms. The summed E-state index contributed by atoms with van der Waals surface area (Å²) in [6, 6.07) is 2.90. The van der Waals surface area contributed by atoms with Crippen LogP contribution < -0.4 is 10.6 Å². The molecule has 0 radical (unpaired) electrons. The van der Waals surface area contributed by atoms with Crippen LogP contribution in [-0.4, -0.2) is 42.5 Å². The smallest absolute Gasteiger partial charge is 0.325 e. The first kappa shape index (κ1) is 16.9. The van der Waals surface area contributed by atoms with Gasteiger partial charge in [-0.15, -0.1) is 0 Å². The van der Waals surface area contributed by atoms with Gasteiger partial charge in [0.2, 0.25) is 0 Å². The van der Waals surface area contributed by atoms with Gasteiger partial charge in [-0.2, -0.15) is 0 Å². The van der Waals surface area contributed by atoms with Crippen molar-refractivity contribution in [2.24, 2.45) is 0 Å². The number of pyridine rings is 1. The molecule has 1 aromatic heterocycles. The van der Waals surface area contributed by atoms with Crippen LogP contribution in [0.4, 0.5) is 0 Å². The zero-order valence-corrected chi connectivity index (χ0v) is 12.3. The minimum atomic E-state index is -0.711. The van der Waals surface area contributed by atoms with Crippen LogP contribution in [0.2, 0.25) is 5.02 Å². The lowest BCUT2D eigenvalue weighted by Crippen LogP contribution is -2.34. The molecule has 0 fully saturated rings. The molecule has 114 valence electrons. The summed E-state index contributed by atoms with van der Waals surface area (Å²) >= 11 is 5.72. The molecule has 0 saturated heterocycles. The quantitative estimate of drug-likeness (QED) is 0.716. The number of amides is 2. The van der Waals surface area contributed by atoms with Gasteiger partial charge in [0.15, 0.2) is 6.61 Å². The first-order chi connectivity index (χ1) is 10.0. The summed E-state index contributed by atoms with van der Waals surface area (Å²) < 4.78 is 4.70. The fraction of sp³-hybridized carbons (Fsp3) is 0.385. The van der Waals surface area contributed by atoms with Crippen molar-refractivity contribution in [2.75, 3.05) is 19.7 Å². The average molecular weight is 314 g/mol. The molecule has 0 aliphatic rings. The fourth-order valence-corrected chi connectivity index (χ4v) is 1.44. The van der Waals surface area contributed by atoms with E-state index in [1.807, 2.05) is 6.92 Å². The Morgan fingerprint density at radius 1 is 1.33 bits per heavy atom. The molecule has 2 N–H and O–H groups in total. The van der Waals surface area contributed by atoms with Crippen LogP contribution in [0, 0.1) is 0 Å². The molecule has 1 heterocycles. The van der Waals surface area contributed by atoms with Crippen molar-refractivity contribution in [3.63, 3.8) is 0 Å². The van der Waals surface area contributed by atoms with E-state index in [1.165, 1.54) is 18.3 Å². The van der Waals surface area contributed by atoms with Crippen molar-refractivity contribution < 1.29 is 19.1 Å². The second kappa shape index (κ2) is 8.91. The van der Waals surface area contributed by atoms with Crippen LogP contribution in [0.15, 0.2) is 18.3 Å². The zero-order valence-electron chi connectivity index (χ0n) is 11.5. The van der Waals surface area contributed by atoms with E-state index in [2.05, 4.69) is 15.6 Å². The number of carbonyl (C=O) groups is 3. The highest BCUT2D eigenvalue weighted by Gasteiger charge is 2.11. The number of halogens is 1. The molecule has 1 aromatic rings. The van der Waals surface area contributed by atoms with Gasteiger partial charge in [0.1, 0.15) is 12.2 Å². The monoisotopic (exact) mass is 313 g/mol. The predicted molar refractivity (Wildman–Crippen MR) is 75.8 cm³/mol. The maximum Gasteiger partial charge on any atom is 0.325 e. The molecule has 8 heteroatoms. The largest absolute Gasteiger partial charge is 0.454 e. The van der Waals surface area contributed by atoms with E-state index in [9.17, 15) is 14.4 Å². The molecule has 21 heavy (non-hydrogen) atoms. The Bertz CT molecular complexity index is 522. The minimum absolute atomic E-state index is 0.0935. The number of esters is 1. The van der Waals surface area contributed by atoms with Crippen LogP contribution >= 0.6 is 11.6 Å². The number of aromatic nitrogens is 1. The topological polar surface area (TPSA) is 97.4 Å². The number of hydrogen-bond donors (Lipinski definition) is 2. The van der Waals surface area contributed by atoms with E-state index in [0.29, 0.717) is 11.6 Å². The summed E-state index contributed by atoms with van der Waals surface area (Å²) in [7, 11) is 0. The average Bonchev–Trinajstić information content (AvgIpc) is 2.48. The van der Waals surface area contributed by atoms with Crippen LogP contribution in [0.25, 0.3) is 0 Å². The second-order valence-corrected chi connectivity index (χ2v) is 4.49. The van der Waals surface area contributed by atoms with Crippen molar-refractivity contribution in [2.45, 2.75) is 13.3 Å². The molecule has 0 aliphatic heterocycles. The lowest BCUT2D eigenvalue weighted by Gasteiger charge is -2.06. The number of carbonyl (C=O) groups excluding carboxylic acids is 3. The van der Waals surface area contributed by atoms with Gasteiger partial charge in [-0.25, -0.2) is 0 Å². The van der Waals surface area contributed by atoms with Crippen LogP contribution in [-0.2, 0) is 14.3 Å². The van der Waals surface area contributed by atoms with Gasteiger partial charge in [-0.3, -0.25) is 19.4 Å². The Hall–Kier alpha value is -2.15. The van der Waals surface area contributed by atoms with Crippen molar-refractivity contribution >= 4 is 29.4 Å². The lowest BCUT2D eigenvalue weighted by atomic mass is 10.3. The molecule has 2 amide bonds. The number of ether oxygens (including phenoxy) is 1. The van der Waals surface area contributed by atoms with E-state index in [4.69, 9.17) is 16.3 Å². The normalized spacial score (nSPS) is 9.81. The molecular formula is C13H16ClN3O4. The van der Waals surface area contributed by atoms with Gasteiger partial charge < -0.3 is 15.4 Å². The molecule has 1 rings (SSSR count). The summed E-state index contributed by atoms with van der Waals surface area (Å²) in [6.45, 7) is 1.71. The molecule has 7 nitrogen and oxygen atoms in total. The van der Waals surface area contributed by atoms with Gasteiger partial charge in [0.05, 0.1) is 0 Å². The van der Waals surface area contributed by atoms with Crippen molar-refractivity contribution in [3.8, 4) is 0 Å². The summed E-state index contributed by atoms with van der Waals surface area (Å²) in [6.07, 6.45) is 2.18. The van der Waals surface area contributed by atoms with Gasteiger partial charge >= 0.3 is 5.97 Å². The van der Waals surface area contributed by atoms with Gasteiger partial charge in [-0.05, 0) is 18.6 Å². The number of nitrogens with one attached hydrogen (secondary N) is 2. The van der Waals surface area contributed by atoms with E-state index >= 15 is 0 Å². The second-order valence-electron chi connectivity index (χ2n) is 4.05. The van der Waals surface area contributed by atoms with Gasteiger partial charge in [0, 0.05) is 17.8 Å². The van der Waals surface area contributed by atoms with Crippen LogP contribution in [0.5, 0.6) is 0 Å². The highest BCUT2D eigenvalue weighted by molar-refractivity contribution is 6.30. The zero-order chi connectivity index (χ0) is 15.7. The van der Waals surface area contributed by atoms with Gasteiger partial charge in [-0.1, -0.05) is 18.5 Å². The molecule has 0 saturated carbocycles. The molecule has 0 aromatic carbocycles. The third-order valence-electron chi connectivity index (χ3n) is 2.28. The number of hydrogen-bond acceptors (Lipinski definition) is 5. The van der Waals surface area contributed by atoms with Crippen LogP contribution in [0.1, 0.15) is 23.8 Å². The third-order valence-corrected chi connectivity index (χ3v) is 2.52. The number of nitrogens with zero attached hydrogens (tertiary/aromatic N) is 1.